The van der Waals surface area contributed by atoms with Crippen LogP contribution in [0.3, 0.4) is 0 Å². The van der Waals surface area contributed by atoms with Crippen LogP contribution in [0.2, 0.25) is 0 Å². The van der Waals surface area contributed by atoms with E-state index in [1.165, 1.54) is 12.8 Å². The van der Waals surface area contributed by atoms with Crippen LogP contribution in [0.25, 0.3) is 5.69 Å². The number of nitrogens with one attached hydrogen (secondary N) is 2. The van der Waals surface area contributed by atoms with Crippen LogP contribution >= 0.6 is 12.2 Å². The summed E-state index contributed by atoms with van der Waals surface area (Å²) in [7, 11) is 3.06. The Labute approximate surface area is 268 Å². The molecule has 6 rings (SSSR count). The lowest BCUT2D eigenvalue weighted by atomic mass is 9.96. The first kappa shape index (κ1) is 30.6. The predicted octanol–water partition coefficient (Wildman–Crippen LogP) is 5.10. The molecule has 2 N–H and O–H groups in total. The van der Waals surface area contributed by atoms with Gasteiger partial charge in [0.1, 0.15) is 12.4 Å². The molecule has 4 heterocycles. The van der Waals surface area contributed by atoms with Crippen molar-refractivity contribution in [3.63, 3.8) is 0 Å². The minimum absolute atomic E-state index is 0.0686. The fraction of sp³-hybridized carbons (Fsp3) is 0.324. The molecule has 11 heteroatoms. The summed E-state index contributed by atoms with van der Waals surface area (Å²) in [5.41, 5.74) is 7.86. The number of rotatable bonds is 9. The molecule has 0 saturated carbocycles. The monoisotopic (exact) mass is 626 g/mol. The molecule has 0 aliphatic carbocycles. The van der Waals surface area contributed by atoms with Crippen molar-refractivity contribution >= 4 is 40.3 Å². The van der Waals surface area contributed by atoms with E-state index in [1.807, 2.05) is 36.4 Å². The fourth-order valence-electron chi connectivity index (χ4n) is 6.33. The van der Waals surface area contributed by atoms with E-state index in [0.29, 0.717) is 16.5 Å². The molecule has 2 atom stereocenters. The van der Waals surface area contributed by atoms with E-state index in [0.717, 1.165) is 60.3 Å². The van der Waals surface area contributed by atoms with E-state index in [2.05, 4.69) is 69.2 Å². The molecule has 2 aliphatic heterocycles. The lowest BCUT2D eigenvalue weighted by molar-refractivity contribution is -0.119. The van der Waals surface area contributed by atoms with Crippen molar-refractivity contribution in [1.82, 2.24) is 14.9 Å². The Morgan fingerprint density at radius 2 is 1.76 bits per heavy atom. The highest BCUT2D eigenvalue weighted by molar-refractivity contribution is 7.80. The lowest BCUT2D eigenvalue weighted by Gasteiger charge is -2.29. The highest BCUT2D eigenvalue weighted by atomic mass is 32.1. The number of nitrogens with zero attached hydrogens (tertiary/aromatic N) is 4. The van der Waals surface area contributed by atoms with Crippen LogP contribution in [0.1, 0.15) is 34.7 Å². The van der Waals surface area contributed by atoms with Crippen LogP contribution in [0.5, 0.6) is 5.75 Å². The maximum Gasteiger partial charge on any atom is 0.250 e. The van der Waals surface area contributed by atoms with Crippen LogP contribution in [-0.2, 0) is 14.3 Å². The Hall–Kier alpha value is -4.45. The molecule has 1 amide bonds. The van der Waals surface area contributed by atoms with Crippen molar-refractivity contribution in [3.8, 4) is 11.4 Å². The maximum absolute atomic E-state index is 12.5. The number of carbonyl (C=O) groups excluding carboxylic acids is 1. The van der Waals surface area contributed by atoms with Gasteiger partial charge in [-0.25, -0.2) is 0 Å². The first-order valence-electron chi connectivity index (χ1n) is 15.0. The second kappa shape index (κ2) is 13.3. The number of aromatic nitrogens is 2. The van der Waals surface area contributed by atoms with Gasteiger partial charge in [0, 0.05) is 54.8 Å². The Kier molecular flexibility index (Phi) is 9.02. The van der Waals surface area contributed by atoms with Gasteiger partial charge in [-0.15, -0.1) is 0 Å². The average molecular weight is 627 g/mol. The summed E-state index contributed by atoms with van der Waals surface area (Å²) in [4.78, 5) is 21.6. The number of hydrogen-bond acceptors (Lipinski definition) is 7. The molecule has 2 saturated heterocycles. The summed E-state index contributed by atoms with van der Waals surface area (Å²) in [5, 5.41) is 7.02. The van der Waals surface area contributed by atoms with Gasteiger partial charge in [-0.2, -0.15) is 0 Å². The van der Waals surface area contributed by atoms with Gasteiger partial charge in [-0.1, -0.05) is 6.07 Å². The Morgan fingerprint density at radius 1 is 1.02 bits per heavy atom. The molecule has 2 fully saturated rings. The number of morpholine rings is 1. The smallest absolute Gasteiger partial charge is 0.250 e. The minimum atomic E-state index is -0.277. The molecule has 2 aliphatic rings. The standard InChI is InChI=1S/C34H38N6O4S/c1-22-19-27(23(2)39(22)25-10-8-24(9-11-25)38-15-17-44-18-16-38)33-32(28-7-5-6-14-35-28)37-34(45)40(33)26-12-13-30(43-4)29(20-26)36-31(41)21-42-3/h5-14,19-20,32-33H,15-18,21H2,1-4H3,(H,36,41)(H,37,45)/t32-,33-/m1/s1. The maximum atomic E-state index is 12.5. The highest BCUT2D eigenvalue weighted by Gasteiger charge is 2.42. The van der Waals surface area contributed by atoms with Gasteiger partial charge < -0.3 is 39.2 Å². The largest absolute Gasteiger partial charge is 0.495 e. The van der Waals surface area contributed by atoms with Crippen LogP contribution in [0.15, 0.2) is 72.9 Å². The zero-order chi connectivity index (χ0) is 31.5. The number of anilines is 3. The van der Waals surface area contributed by atoms with Crippen LogP contribution < -0.4 is 25.2 Å². The summed E-state index contributed by atoms with van der Waals surface area (Å²) in [6, 6.07) is 22.1. The third-order valence-corrected chi connectivity index (χ3v) is 8.70. The molecule has 10 nitrogen and oxygen atoms in total. The van der Waals surface area contributed by atoms with Gasteiger partial charge in [0.15, 0.2) is 5.11 Å². The number of amides is 1. The van der Waals surface area contributed by atoms with Crippen LogP contribution in [-0.4, -0.2) is 67.7 Å². The first-order valence-corrected chi connectivity index (χ1v) is 15.4. The number of pyridine rings is 1. The molecule has 0 bridgehead atoms. The molecule has 4 aromatic rings. The van der Waals surface area contributed by atoms with Crippen molar-refractivity contribution in [2.45, 2.75) is 25.9 Å². The first-order chi connectivity index (χ1) is 21.9. The molecular formula is C34H38N6O4S. The molecular weight excluding hydrogens is 588 g/mol. The van der Waals surface area contributed by atoms with Gasteiger partial charge >= 0.3 is 0 Å². The third kappa shape index (κ3) is 6.11. The summed E-state index contributed by atoms with van der Waals surface area (Å²) in [6.07, 6.45) is 1.80. The van der Waals surface area contributed by atoms with Crippen molar-refractivity contribution in [2.75, 3.05) is 62.2 Å². The number of hydrogen-bond donors (Lipinski definition) is 2. The normalized spacial score (nSPS) is 18.2. The Balaban J connectivity index is 1.41. The second-order valence-electron chi connectivity index (χ2n) is 11.1. The Bertz CT molecular complexity index is 1670. The number of aryl methyl sites for hydroxylation is 1. The Morgan fingerprint density at radius 3 is 2.44 bits per heavy atom. The number of ether oxygens (including phenoxy) is 3. The van der Waals surface area contributed by atoms with Gasteiger partial charge in [0.25, 0.3) is 0 Å². The average Bonchev–Trinajstić information content (AvgIpc) is 3.56. The number of benzene rings is 2. The molecule has 0 radical (unpaired) electrons. The molecule has 2 aromatic heterocycles. The van der Waals surface area contributed by atoms with E-state index in [9.17, 15) is 4.79 Å². The molecule has 0 unspecified atom stereocenters. The van der Waals surface area contributed by atoms with Gasteiger partial charge in [0.05, 0.1) is 43.8 Å². The second-order valence-corrected chi connectivity index (χ2v) is 11.5. The van der Waals surface area contributed by atoms with E-state index in [1.54, 1.807) is 13.3 Å². The molecule has 45 heavy (non-hydrogen) atoms. The topological polar surface area (TPSA) is 93.1 Å². The highest BCUT2D eigenvalue weighted by Crippen LogP contribution is 2.45. The molecule has 2 aromatic carbocycles. The minimum Gasteiger partial charge on any atom is -0.495 e. The van der Waals surface area contributed by atoms with Crippen molar-refractivity contribution in [3.05, 3.63) is 95.6 Å². The quantitative estimate of drug-likeness (QED) is 0.246. The van der Waals surface area contributed by atoms with Gasteiger partial charge in [-0.3, -0.25) is 9.78 Å². The third-order valence-electron chi connectivity index (χ3n) is 8.38. The van der Waals surface area contributed by atoms with Crippen LogP contribution in [0, 0.1) is 13.8 Å². The van der Waals surface area contributed by atoms with Crippen molar-refractivity contribution in [2.24, 2.45) is 0 Å². The van der Waals surface area contributed by atoms with Crippen LogP contribution in [0.4, 0.5) is 17.1 Å². The number of carbonyl (C=O) groups is 1. The van der Waals surface area contributed by atoms with Crippen molar-refractivity contribution in [1.29, 1.82) is 0 Å². The van der Waals surface area contributed by atoms with Gasteiger partial charge in [0.2, 0.25) is 5.91 Å². The summed E-state index contributed by atoms with van der Waals surface area (Å²) >= 11 is 5.99. The summed E-state index contributed by atoms with van der Waals surface area (Å²) < 4.78 is 18.4. The van der Waals surface area contributed by atoms with E-state index < -0.39 is 0 Å². The summed E-state index contributed by atoms with van der Waals surface area (Å²) in [5.74, 6) is 0.263. The predicted molar refractivity (Wildman–Crippen MR) is 180 cm³/mol. The lowest BCUT2D eigenvalue weighted by Crippen LogP contribution is -2.36. The number of methoxy groups -OCH3 is 2. The van der Waals surface area contributed by atoms with E-state index in [4.69, 9.17) is 31.4 Å². The molecule has 234 valence electrons. The molecule has 0 spiro atoms. The fourth-order valence-corrected chi connectivity index (χ4v) is 6.67. The van der Waals surface area contributed by atoms with E-state index >= 15 is 0 Å². The van der Waals surface area contributed by atoms with E-state index in [-0.39, 0.29) is 24.6 Å². The SMILES string of the molecule is COCC(=O)Nc1cc(N2C(=S)N[C@H](c3ccccn3)[C@H]2c2cc(C)n(-c3ccc(N4CCOCC4)cc3)c2C)ccc1OC. The summed E-state index contributed by atoms with van der Waals surface area (Å²) in [6.45, 7) is 7.51. The van der Waals surface area contributed by atoms with Crippen molar-refractivity contribution < 1.29 is 19.0 Å². The zero-order valence-corrected chi connectivity index (χ0v) is 26.8. The number of thiocarbonyl (C=S) groups is 1. The zero-order valence-electron chi connectivity index (χ0n) is 25.9. The van der Waals surface area contributed by atoms with Gasteiger partial charge in [-0.05, 0) is 92.3 Å².